The van der Waals surface area contributed by atoms with Gasteiger partial charge in [0.15, 0.2) is 0 Å². The molecule has 2 aliphatic rings. The SMILES string of the molecule is ClCC1CCC2CCC2CC1. The van der Waals surface area contributed by atoms with Crippen molar-refractivity contribution in [1.29, 1.82) is 0 Å². The Morgan fingerprint density at radius 3 is 1.64 bits per heavy atom. The van der Waals surface area contributed by atoms with E-state index in [9.17, 15) is 0 Å². The summed E-state index contributed by atoms with van der Waals surface area (Å²) < 4.78 is 0. The van der Waals surface area contributed by atoms with Crippen LogP contribution in [0, 0.1) is 17.8 Å². The Bertz CT molecular complexity index is 119. The molecule has 2 aliphatic carbocycles. The molecular weight excluding hydrogens is 156 g/mol. The number of halogens is 1. The van der Waals surface area contributed by atoms with E-state index in [1.54, 1.807) is 0 Å². The van der Waals surface area contributed by atoms with E-state index in [1.165, 1.54) is 38.5 Å². The first-order valence-corrected chi connectivity index (χ1v) is 5.49. The van der Waals surface area contributed by atoms with Gasteiger partial charge in [0, 0.05) is 5.88 Å². The first-order valence-electron chi connectivity index (χ1n) is 4.96. The minimum atomic E-state index is 0.849. The molecule has 11 heavy (non-hydrogen) atoms. The molecule has 0 aliphatic heterocycles. The molecular formula is C10H17Cl. The summed E-state index contributed by atoms with van der Waals surface area (Å²) in [7, 11) is 0. The second kappa shape index (κ2) is 3.35. The molecule has 1 heteroatoms. The Kier molecular flexibility index (Phi) is 2.41. The Morgan fingerprint density at radius 1 is 0.818 bits per heavy atom. The van der Waals surface area contributed by atoms with E-state index < -0.39 is 0 Å². The van der Waals surface area contributed by atoms with Crippen LogP contribution in [0.4, 0.5) is 0 Å². The quantitative estimate of drug-likeness (QED) is 0.532. The Hall–Kier alpha value is 0.290. The summed E-state index contributed by atoms with van der Waals surface area (Å²) in [5, 5.41) is 0. The highest BCUT2D eigenvalue weighted by atomic mass is 35.5. The molecule has 0 amide bonds. The third-order valence-electron chi connectivity index (χ3n) is 3.68. The van der Waals surface area contributed by atoms with Crippen molar-refractivity contribution in [3.8, 4) is 0 Å². The summed E-state index contributed by atoms with van der Waals surface area (Å²) in [5.41, 5.74) is 0. The molecule has 0 aromatic heterocycles. The molecule has 0 heterocycles. The van der Waals surface area contributed by atoms with Gasteiger partial charge < -0.3 is 0 Å². The summed E-state index contributed by atoms with van der Waals surface area (Å²) in [5.74, 6) is 3.95. The van der Waals surface area contributed by atoms with Crippen molar-refractivity contribution in [3.05, 3.63) is 0 Å². The third-order valence-corrected chi connectivity index (χ3v) is 4.12. The van der Waals surface area contributed by atoms with Crippen molar-refractivity contribution in [2.24, 2.45) is 17.8 Å². The summed E-state index contributed by atoms with van der Waals surface area (Å²) >= 11 is 5.87. The van der Waals surface area contributed by atoms with Crippen LogP contribution in [0.5, 0.6) is 0 Å². The fourth-order valence-electron chi connectivity index (χ4n) is 2.60. The molecule has 0 radical (unpaired) electrons. The first kappa shape index (κ1) is 7.91. The molecule has 64 valence electrons. The molecule has 0 saturated heterocycles. The lowest BCUT2D eigenvalue weighted by molar-refractivity contribution is 0.165. The summed E-state index contributed by atoms with van der Waals surface area (Å²) in [6, 6.07) is 0. The normalized spacial score (nSPS) is 43.9. The van der Waals surface area contributed by atoms with Crippen LogP contribution in [-0.4, -0.2) is 5.88 Å². The monoisotopic (exact) mass is 172 g/mol. The molecule has 2 rings (SSSR count). The molecule has 2 atom stereocenters. The number of hydrogen-bond acceptors (Lipinski definition) is 0. The van der Waals surface area contributed by atoms with Crippen LogP contribution >= 0.6 is 11.6 Å². The average molecular weight is 173 g/mol. The number of rotatable bonds is 1. The van der Waals surface area contributed by atoms with Gasteiger partial charge in [-0.15, -0.1) is 11.6 Å². The van der Waals surface area contributed by atoms with Gasteiger partial charge in [-0.05, 0) is 56.3 Å². The van der Waals surface area contributed by atoms with Crippen molar-refractivity contribution in [3.63, 3.8) is 0 Å². The number of hydrogen-bond donors (Lipinski definition) is 0. The zero-order chi connectivity index (χ0) is 7.68. The first-order chi connectivity index (χ1) is 5.40. The predicted molar refractivity (Wildman–Crippen MR) is 48.9 cm³/mol. The highest BCUT2D eigenvalue weighted by Crippen LogP contribution is 2.44. The fourth-order valence-corrected chi connectivity index (χ4v) is 2.90. The standard InChI is InChI=1S/C10H17Cl/c11-7-8-1-3-9-5-6-10(9)4-2-8/h8-10H,1-7H2. The Labute approximate surface area is 74.3 Å². The molecule has 0 spiro atoms. The highest BCUT2D eigenvalue weighted by Gasteiger charge is 2.33. The van der Waals surface area contributed by atoms with Gasteiger partial charge >= 0.3 is 0 Å². The van der Waals surface area contributed by atoms with Gasteiger partial charge in [0.1, 0.15) is 0 Å². The zero-order valence-corrected chi connectivity index (χ0v) is 7.82. The lowest BCUT2D eigenvalue weighted by Crippen LogP contribution is -2.23. The molecule has 2 fully saturated rings. The van der Waals surface area contributed by atoms with Gasteiger partial charge in [-0.1, -0.05) is 0 Å². The topological polar surface area (TPSA) is 0 Å². The molecule has 0 aromatic rings. The third kappa shape index (κ3) is 1.56. The van der Waals surface area contributed by atoms with E-state index in [-0.39, 0.29) is 0 Å². The van der Waals surface area contributed by atoms with Crippen molar-refractivity contribution in [1.82, 2.24) is 0 Å². The molecule has 0 N–H and O–H groups in total. The molecule has 2 unspecified atom stereocenters. The lowest BCUT2D eigenvalue weighted by Gasteiger charge is -2.35. The van der Waals surface area contributed by atoms with Crippen LogP contribution in [0.1, 0.15) is 38.5 Å². The molecule has 0 nitrogen and oxygen atoms in total. The van der Waals surface area contributed by atoms with Crippen molar-refractivity contribution in [2.45, 2.75) is 38.5 Å². The lowest BCUT2D eigenvalue weighted by atomic mass is 9.71. The van der Waals surface area contributed by atoms with Gasteiger partial charge in [-0.25, -0.2) is 0 Å². The molecule has 0 aromatic carbocycles. The number of fused-ring (bicyclic) bond motifs is 1. The van der Waals surface area contributed by atoms with Crippen LogP contribution in [0.15, 0.2) is 0 Å². The van der Waals surface area contributed by atoms with Crippen LogP contribution in [0.2, 0.25) is 0 Å². The van der Waals surface area contributed by atoms with E-state index in [4.69, 9.17) is 11.6 Å². The average Bonchev–Trinajstić information content (AvgIpc) is 2.11. The van der Waals surface area contributed by atoms with Crippen LogP contribution < -0.4 is 0 Å². The minimum absolute atomic E-state index is 0.849. The van der Waals surface area contributed by atoms with Crippen LogP contribution in [0.25, 0.3) is 0 Å². The van der Waals surface area contributed by atoms with Gasteiger partial charge in [-0.3, -0.25) is 0 Å². The summed E-state index contributed by atoms with van der Waals surface area (Å²) in [6.45, 7) is 0. The van der Waals surface area contributed by atoms with Crippen molar-refractivity contribution < 1.29 is 0 Å². The van der Waals surface area contributed by atoms with Crippen LogP contribution in [0.3, 0.4) is 0 Å². The van der Waals surface area contributed by atoms with Crippen molar-refractivity contribution >= 4 is 11.6 Å². The second-order valence-electron chi connectivity index (χ2n) is 4.27. The van der Waals surface area contributed by atoms with Crippen molar-refractivity contribution in [2.75, 3.05) is 5.88 Å². The maximum absolute atomic E-state index is 5.87. The van der Waals surface area contributed by atoms with Crippen LogP contribution in [-0.2, 0) is 0 Å². The van der Waals surface area contributed by atoms with Gasteiger partial charge in [0.25, 0.3) is 0 Å². The molecule has 0 bridgehead atoms. The van der Waals surface area contributed by atoms with Gasteiger partial charge in [0.2, 0.25) is 0 Å². The largest absolute Gasteiger partial charge is 0.126 e. The van der Waals surface area contributed by atoms with Gasteiger partial charge in [0.05, 0.1) is 0 Å². The maximum atomic E-state index is 5.87. The Morgan fingerprint density at radius 2 is 1.27 bits per heavy atom. The van der Waals surface area contributed by atoms with E-state index in [0.29, 0.717) is 0 Å². The highest BCUT2D eigenvalue weighted by molar-refractivity contribution is 6.18. The van der Waals surface area contributed by atoms with E-state index in [0.717, 1.165) is 23.6 Å². The smallest absolute Gasteiger partial charge is 0.0251 e. The maximum Gasteiger partial charge on any atom is 0.0251 e. The van der Waals surface area contributed by atoms with E-state index in [1.807, 2.05) is 0 Å². The fraction of sp³-hybridized carbons (Fsp3) is 1.00. The second-order valence-corrected chi connectivity index (χ2v) is 4.58. The minimum Gasteiger partial charge on any atom is -0.126 e. The number of alkyl halides is 1. The van der Waals surface area contributed by atoms with Gasteiger partial charge in [-0.2, -0.15) is 0 Å². The van der Waals surface area contributed by atoms with E-state index >= 15 is 0 Å². The zero-order valence-electron chi connectivity index (χ0n) is 7.06. The molecule has 2 saturated carbocycles. The summed E-state index contributed by atoms with van der Waals surface area (Å²) in [6.07, 6.45) is 8.79. The Balaban J connectivity index is 1.87. The predicted octanol–water partition coefficient (Wildman–Crippen LogP) is 3.44. The summed E-state index contributed by atoms with van der Waals surface area (Å²) in [4.78, 5) is 0. The van der Waals surface area contributed by atoms with E-state index in [2.05, 4.69) is 0 Å².